The zero-order valence-electron chi connectivity index (χ0n) is 10.5. The minimum Gasteiger partial charge on any atom is -0.271 e. The largest absolute Gasteiger partial charge is 0.271 e. The van der Waals surface area contributed by atoms with Gasteiger partial charge in [0.25, 0.3) is 0 Å². The van der Waals surface area contributed by atoms with E-state index in [1.165, 1.54) is 37.7 Å². The first-order valence-corrected chi connectivity index (χ1v) is 6.27. The lowest BCUT2D eigenvalue weighted by Gasteiger charge is -2.35. The average molecular weight is 210 g/mol. The summed E-state index contributed by atoms with van der Waals surface area (Å²) in [6, 6.07) is 0.348. The molecule has 0 spiro atoms. The van der Waals surface area contributed by atoms with Gasteiger partial charge >= 0.3 is 0 Å². The predicted octanol–water partition coefficient (Wildman–Crippen LogP) is 3.15. The average Bonchev–Trinajstić information content (AvgIpc) is 2.47. The molecule has 0 amide bonds. The van der Waals surface area contributed by atoms with Gasteiger partial charge in [0.2, 0.25) is 0 Å². The van der Waals surface area contributed by atoms with E-state index in [1.807, 2.05) is 0 Å². The van der Waals surface area contributed by atoms with E-state index in [0.29, 0.717) is 6.04 Å². The summed E-state index contributed by atoms with van der Waals surface area (Å²) in [4.78, 5) is 0. The summed E-state index contributed by atoms with van der Waals surface area (Å²) in [5, 5.41) is 0. The number of hydrogen-bond acceptors (Lipinski definition) is 2. The van der Waals surface area contributed by atoms with Crippen LogP contribution in [-0.2, 0) is 0 Å². The molecule has 0 aromatic rings. The Balaban J connectivity index is 2.76. The van der Waals surface area contributed by atoms with Gasteiger partial charge in [-0.3, -0.25) is 11.3 Å². The molecule has 15 heavy (non-hydrogen) atoms. The van der Waals surface area contributed by atoms with E-state index in [4.69, 9.17) is 5.84 Å². The lowest BCUT2D eigenvalue weighted by Crippen LogP contribution is -2.46. The van der Waals surface area contributed by atoms with Crippen molar-refractivity contribution in [3.8, 4) is 0 Å². The Morgan fingerprint density at radius 2 is 2.13 bits per heavy atom. The summed E-state index contributed by atoms with van der Waals surface area (Å²) in [7, 11) is 0. The van der Waals surface area contributed by atoms with E-state index in [9.17, 15) is 0 Å². The van der Waals surface area contributed by atoms with Gasteiger partial charge in [-0.15, -0.1) is 0 Å². The first kappa shape index (κ1) is 12.7. The number of nitrogens with two attached hydrogens (primary N) is 1. The topological polar surface area (TPSA) is 38.0 Å². The molecule has 2 heteroatoms. The van der Waals surface area contributed by atoms with Crippen LogP contribution in [-0.4, -0.2) is 6.04 Å². The molecule has 1 atom stereocenters. The molecule has 0 radical (unpaired) electrons. The quantitative estimate of drug-likeness (QED) is 0.425. The zero-order valence-corrected chi connectivity index (χ0v) is 10.5. The second-order valence-corrected chi connectivity index (χ2v) is 5.32. The number of hydrazine groups is 1. The summed E-state index contributed by atoms with van der Waals surface area (Å²) in [6.07, 6.45) is 10.0. The molecule has 0 aromatic heterocycles. The van der Waals surface area contributed by atoms with Crippen LogP contribution in [0.25, 0.3) is 0 Å². The van der Waals surface area contributed by atoms with Crippen molar-refractivity contribution in [3.05, 3.63) is 11.6 Å². The molecule has 88 valence electrons. The molecule has 2 nitrogen and oxygen atoms in total. The van der Waals surface area contributed by atoms with Gasteiger partial charge in [-0.2, -0.15) is 0 Å². The smallest absolute Gasteiger partial charge is 0.0470 e. The van der Waals surface area contributed by atoms with Gasteiger partial charge < -0.3 is 0 Å². The van der Waals surface area contributed by atoms with E-state index in [1.54, 1.807) is 0 Å². The molecule has 0 aliphatic heterocycles. The zero-order chi connectivity index (χ0) is 11.3. The van der Waals surface area contributed by atoms with Gasteiger partial charge in [0.05, 0.1) is 0 Å². The van der Waals surface area contributed by atoms with Crippen LogP contribution in [0.4, 0.5) is 0 Å². The first-order valence-electron chi connectivity index (χ1n) is 6.27. The normalized spacial score (nSPS) is 20.7. The molecule has 0 bridgehead atoms. The Morgan fingerprint density at radius 1 is 1.40 bits per heavy atom. The van der Waals surface area contributed by atoms with Crippen molar-refractivity contribution >= 4 is 0 Å². The van der Waals surface area contributed by atoms with Gasteiger partial charge in [0, 0.05) is 6.04 Å². The molecule has 3 N–H and O–H groups in total. The van der Waals surface area contributed by atoms with Crippen molar-refractivity contribution in [3.63, 3.8) is 0 Å². The van der Waals surface area contributed by atoms with Crippen LogP contribution in [0.1, 0.15) is 59.3 Å². The maximum Gasteiger partial charge on any atom is 0.0470 e. The third-order valence-electron chi connectivity index (χ3n) is 3.81. The van der Waals surface area contributed by atoms with Crippen LogP contribution in [0.5, 0.6) is 0 Å². The lowest BCUT2D eigenvalue weighted by molar-refractivity contribution is 0.258. The minimum atomic E-state index is 0.255. The second-order valence-electron chi connectivity index (χ2n) is 5.32. The van der Waals surface area contributed by atoms with Gasteiger partial charge in [0.1, 0.15) is 0 Å². The molecule has 1 aliphatic rings. The fourth-order valence-electron chi connectivity index (χ4n) is 2.34. The molecular weight excluding hydrogens is 184 g/mol. The monoisotopic (exact) mass is 210 g/mol. The highest BCUT2D eigenvalue weighted by Crippen LogP contribution is 2.32. The molecule has 0 aromatic carbocycles. The predicted molar refractivity (Wildman–Crippen MR) is 66.4 cm³/mol. The molecule has 0 saturated heterocycles. The number of hydrogen-bond donors (Lipinski definition) is 2. The summed E-state index contributed by atoms with van der Waals surface area (Å²) in [6.45, 7) is 6.83. The molecule has 1 rings (SSSR count). The second kappa shape index (κ2) is 5.66. The molecule has 1 unspecified atom stereocenters. The highest BCUT2D eigenvalue weighted by molar-refractivity contribution is 5.15. The van der Waals surface area contributed by atoms with Crippen molar-refractivity contribution in [2.45, 2.75) is 65.3 Å². The van der Waals surface area contributed by atoms with E-state index >= 15 is 0 Å². The number of allylic oxidation sites excluding steroid dienone is 1. The van der Waals surface area contributed by atoms with Gasteiger partial charge in [-0.25, -0.2) is 0 Å². The van der Waals surface area contributed by atoms with Crippen molar-refractivity contribution in [1.29, 1.82) is 0 Å². The van der Waals surface area contributed by atoms with Gasteiger partial charge in [-0.1, -0.05) is 38.8 Å². The minimum absolute atomic E-state index is 0.255. The van der Waals surface area contributed by atoms with Crippen molar-refractivity contribution in [2.24, 2.45) is 11.3 Å². The Morgan fingerprint density at radius 3 is 2.73 bits per heavy atom. The molecular formula is C13H26N2. The molecule has 0 fully saturated rings. The first-order chi connectivity index (χ1) is 7.11. The van der Waals surface area contributed by atoms with Crippen LogP contribution in [0.3, 0.4) is 0 Å². The van der Waals surface area contributed by atoms with Crippen LogP contribution in [0.15, 0.2) is 11.6 Å². The van der Waals surface area contributed by atoms with Gasteiger partial charge in [0.15, 0.2) is 0 Å². The third-order valence-corrected chi connectivity index (χ3v) is 3.81. The van der Waals surface area contributed by atoms with E-state index < -0.39 is 0 Å². The van der Waals surface area contributed by atoms with Crippen LogP contribution in [0.2, 0.25) is 0 Å². The highest BCUT2D eigenvalue weighted by atomic mass is 15.2. The fraction of sp³-hybridized carbons (Fsp3) is 0.846. The fourth-order valence-corrected chi connectivity index (χ4v) is 2.34. The van der Waals surface area contributed by atoms with Crippen molar-refractivity contribution < 1.29 is 0 Å². The maximum absolute atomic E-state index is 5.73. The maximum atomic E-state index is 5.73. The number of nitrogens with one attached hydrogen (secondary N) is 1. The summed E-state index contributed by atoms with van der Waals surface area (Å²) in [5.74, 6) is 5.73. The lowest BCUT2D eigenvalue weighted by atomic mass is 9.77. The van der Waals surface area contributed by atoms with E-state index in [2.05, 4.69) is 32.3 Å². The SMILES string of the molecule is CCC(C)(C)C(NN)C1=CCCCCC1. The number of rotatable bonds is 4. The van der Waals surface area contributed by atoms with Crippen LogP contribution in [0, 0.1) is 5.41 Å². The molecule has 1 aliphatic carbocycles. The molecule has 0 saturated carbocycles. The van der Waals surface area contributed by atoms with E-state index in [-0.39, 0.29) is 5.41 Å². The van der Waals surface area contributed by atoms with Crippen LogP contribution < -0.4 is 11.3 Å². The summed E-state index contributed by atoms with van der Waals surface area (Å²) < 4.78 is 0. The third kappa shape index (κ3) is 3.32. The Kier molecular flexibility index (Phi) is 4.81. The van der Waals surface area contributed by atoms with Crippen molar-refractivity contribution in [2.75, 3.05) is 0 Å². The van der Waals surface area contributed by atoms with Crippen molar-refractivity contribution in [1.82, 2.24) is 5.43 Å². The summed E-state index contributed by atoms with van der Waals surface area (Å²) >= 11 is 0. The Labute approximate surface area is 94.3 Å². The Hall–Kier alpha value is -0.340. The standard InChI is InChI=1S/C13H26N2/c1-4-13(2,3)12(15-14)11-9-7-5-6-8-10-11/h9,12,15H,4-8,10,14H2,1-3H3. The van der Waals surface area contributed by atoms with E-state index in [0.717, 1.165) is 6.42 Å². The molecule has 0 heterocycles. The summed E-state index contributed by atoms with van der Waals surface area (Å²) in [5.41, 5.74) is 4.81. The van der Waals surface area contributed by atoms with Crippen LogP contribution >= 0.6 is 0 Å². The highest BCUT2D eigenvalue weighted by Gasteiger charge is 2.29. The van der Waals surface area contributed by atoms with Gasteiger partial charge in [-0.05, 0) is 37.5 Å². The Bertz CT molecular complexity index is 219.